The number of nitrogens with zero attached hydrogens (tertiary/aromatic N) is 2. The number of ketones is 1. The van der Waals surface area contributed by atoms with Gasteiger partial charge in [-0.2, -0.15) is 5.10 Å². The van der Waals surface area contributed by atoms with E-state index in [-0.39, 0.29) is 11.7 Å². The Morgan fingerprint density at radius 2 is 2.33 bits per heavy atom. The van der Waals surface area contributed by atoms with Crippen LogP contribution >= 0.6 is 0 Å². The zero-order valence-corrected chi connectivity index (χ0v) is 11.5. The van der Waals surface area contributed by atoms with E-state index >= 15 is 0 Å². The third-order valence-corrected chi connectivity index (χ3v) is 2.98. The standard InChI is InChI=1S/C13H23N3O2/c1-4-8-16-12(11(18-3)9-15-16)13(17)10(2)6-5-7-14/h9-10H,4-8,14H2,1-3H3. The van der Waals surface area contributed by atoms with E-state index in [9.17, 15) is 4.79 Å². The Labute approximate surface area is 108 Å². The van der Waals surface area contributed by atoms with Gasteiger partial charge in [-0.15, -0.1) is 0 Å². The molecule has 0 radical (unpaired) electrons. The molecular weight excluding hydrogens is 230 g/mol. The fourth-order valence-electron chi connectivity index (χ4n) is 1.94. The minimum absolute atomic E-state index is 0.0465. The van der Waals surface area contributed by atoms with Gasteiger partial charge >= 0.3 is 0 Å². The Morgan fingerprint density at radius 3 is 2.89 bits per heavy atom. The van der Waals surface area contributed by atoms with E-state index in [0.29, 0.717) is 18.0 Å². The number of Topliss-reactive ketones (excluding diaryl/α,β-unsaturated/α-hetero) is 1. The van der Waals surface area contributed by atoms with Crippen molar-refractivity contribution in [1.82, 2.24) is 9.78 Å². The van der Waals surface area contributed by atoms with Crippen LogP contribution in [0, 0.1) is 5.92 Å². The maximum Gasteiger partial charge on any atom is 0.187 e. The molecule has 2 N–H and O–H groups in total. The molecule has 0 saturated carbocycles. The van der Waals surface area contributed by atoms with E-state index in [1.54, 1.807) is 18.0 Å². The second-order valence-electron chi connectivity index (χ2n) is 4.48. The van der Waals surface area contributed by atoms with Gasteiger partial charge in [-0.3, -0.25) is 9.48 Å². The van der Waals surface area contributed by atoms with E-state index in [4.69, 9.17) is 10.5 Å². The lowest BCUT2D eigenvalue weighted by molar-refractivity contribution is 0.0908. The van der Waals surface area contributed by atoms with E-state index < -0.39 is 0 Å². The first-order chi connectivity index (χ1) is 8.65. The molecule has 1 heterocycles. The van der Waals surface area contributed by atoms with Crippen LogP contribution in [0.4, 0.5) is 0 Å². The first-order valence-corrected chi connectivity index (χ1v) is 6.49. The van der Waals surface area contributed by atoms with Crippen molar-refractivity contribution in [1.29, 1.82) is 0 Å². The minimum atomic E-state index is -0.0465. The topological polar surface area (TPSA) is 70.1 Å². The molecule has 1 aromatic heterocycles. The molecule has 5 nitrogen and oxygen atoms in total. The lowest BCUT2D eigenvalue weighted by Gasteiger charge is -2.12. The number of nitrogens with two attached hydrogens (primary N) is 1. The highest BCUT2D eigenvalue weighted by Gasteiger charge is 2.23. The van der Waals surface area contributed by atoms with Gasteiger partial charge in [0, 0.05) is 12.5 Å². The number of carbonyl (C=O) groups excluding carboxylic acids is 1. The van der Waals surface area contributed by atoms with Crippen molar-refractivity contribution in [2.45, 2.75) is 39.7 Å². The summed E-state index contributed by atoms with van der Waals surface area (Å²) in [5.41, 5.74) is 6.06. The smallest absolute Gasteiger partial charge is 0.187 e. The van der Waals surface area contributed by atoms with Gasteiger partial charge in [-0.25, -0.2) is 0 Å². The summed E-state index contributed by atoms with van der Waals surface area (Å²) in [6.45, 7) is 5.33. The molecule has 1 atom stereocenters. The largest absolute Gasteiger partial charge is 0.493 e. The number of aromatic nitrogens is 2. The fourth-order valence-corrected chi connectivity index (χ4v) is 1.94. The van der Waals surface area contributed by atoms with Gasteiger partial charge in [0.15, 0.2) is 11.5 Å². The maximum atomic E-state index is 12.4. The van der Waals surface area contributed by atoms with E-state index in [0.717, 1.165) is 25.8 Å². The monoisotopic (exact) mass is 253 g/mol. The molecule has 0 fully saturated rings. The molecule has 1 aromatic rings. The summed E-state index contributed by atoms with van der Waals surface area (Å²) >= 11 is 0. The highest BCUT2D eigenvalue weighted by molar-refractivity contribution is 5.98. The van der Waals surface area contributed by atoms with E-state index in [2.05, 4.69) is 12.0 Å². The summed E-state index contributed by atoms with van der Waals surface area (Å²) in [5.74, 6) is 0.606. The predicted molar refractivity (Wildman–Crippen MR) is 70.9 cm³/mol. The predicted octanol–water partition coefficient (Wildman–Crippen LogP) is 1.86. The van der Waals surface area contributed by atoms with Crippen LogP contribution in [-0.2, 0) is 6.54 Å². The van der Waals surface area contributed by atoms with Crippen LogP contribution < -0.4 is 10.5 Å². The summed E-state index contributed by atoms with van der Waals surface area (Å²) in [6, 6.07) is 0. The van der Waals surface area contributed by atoms with Gasteiger partial charge in [0.2, 0.25) is 0 Å². The first-order valence-electron chi connectivity index (χ1n) is 6.49. The summed E-state index contributed by atoms with van der Waals surface area (Å²) < 4.78 is 6.96. The zero-order valence-electron chi connectivity index (χ0n) is 11.5. The summed E-state index contributed by atoms with van der Waals surface area (Å²) in [7, 11) is 1.56. The molecule has 5 heteroatoms. The summed E-state index contributed by atoms with van der Waals surface area (Å²) in [5, 5.41) is 4.21. The number of rotatable bonds is 8. The van der Waals surface area contributed by atoms with Gasteiger partial charge in [0.25, 0.3) is 0 Å². The van der Waals surface area contributed by atoms with E-state index in [1.807, 2.05) is 6.92 Å². The molecule has 0 aliphatic rings. The second kappa shape index (κ2) is 7.16. The molecule has 18 heavy (non-hydrogen) atoms. The number of hydrogen-bond donors (Lipinski definition) is 1. The van der Waals surface area contributed by atoms with Crippen LogP contribution in [0.2, 0.25) is 0 Å². The van der Waals surface area contributed by atoms with Gasteiger partial charge in [-0.1, -0.05) is 13.8 Å². The average molecular weight is 253 g/mol. The SMILES string of the molecule is CCCn1ncc(OC)c1C(=O)C(C)CCCN. The molecule has 0 aromatic carbocycles. The molecule has 0 spiro atoms. The third kappa shape index (κ3) is 3.32. The molecule has 102 valence electrons. The van der Waals surface area contributed by atoms with Crippen LogP contribution in [0.25, 0.3) is 0 Å². The van der Waals surface area contributed by atoms with Crippen LogP contribution in [0.3, 0.4) is 0 Å². The van der Waals surface area contributed by atoms with Gasteiger partial charge < -0.3 is 10.5 Å². The fraction of sp³-hybridized carbons (Fsp3) is 0.692. The van der Waals surface area contributed by atoms with Crippen LogP contribution in [0.15, 0.2) is 6.20 Å². The van der Waals surface area contributed by atoms with Gasteiger partial charge in [0.05, 0.1) is 13.3 Å². The van der Waals surface area contributed by atoms with Crippen molar-refractivity contribution >= 4 is 5.78 Å². The molecular formula is C13H23N3O2. The summed E-state index contributed by atoms with van der Waals surface area (Å²) in [6.07, 6.45) is 4.20. The average Bonchev–Trinajstić information content (AvgIpc) is 2.78. The van der Waals surface area contributed by atoms with Crippen molar-refractivity contribution in [2.75, 3.05) is 13.7 Å². The quantitative estimate of drug-likeness (QED) is 0.718. The van der Waals surface area contributed by atoms with Crippen LogP contribution in [0.1, 0.15) is 43.6 Å². The normalized spacial score (nSPS) is 12.4. The van der Waals surface area contributed by atoms with Crippen molar-refractivity contribution in [2.24, 2.45) is 11.7 Å². The third-order valence-electron chi connectivity index (χ3n) is 2.98. The Hall–Kier alpha value is -1.36. The Bertz CT molecular complexity index is 388. The van der Waals surface area contributed by atoms with Crippen LogP contribution in [-0.4, -0.2) is 29.2 Å². The number of aryl methyl sites for hydroxylation is 1. The lowest BCUT2D eigenvalue weighted by Crippen LogP contribution is -2.18. The van der Waals surface area contributed by atoms with Crippen LogP contribution in [0.5, 0.6) is 5.75 Å². The number of hydrogen-bond acceptors (Lipinski definition) is 4. The first kappa shape index (κ1) is 14.7. The molecule has 1 unspecified atom stereocenters. The number of carbonyl (C=O) groups is 1. The molecule has 0 aliphatic heterocycles. The Morgan fingerprint density at radius 1 is 1.61 bits per heavy atom. The van der Waals surface area contributed by atoms with Gasteiger partial charge in [-0.05, 0) is 25.8 Å². The maximum absolute atomic E-state index is 12.4. The number of ether oxygens (including phenoxy) is 1. The van der Waals surface area contributed by atoms with Crippen molar-refractivity contribution < 1.29 is 9.53 Å². The highest BCUT2D eigenvalue weighted by atomic mass is 16.5. The lowest BCUT2D eigenvalue weighted by atomic mass is 9.98. The Kier molecular flexibility index (Phi) is 5.85. The van der Waals surface area contributed by atoms with Gasteiger partial charge in [0.1, 0.15) is 5.69 Å². The number of methoxy groups -OCH3 is 1. The zero-order chi connectivity index (χ0) is 13.5. The molecule has 0 amide bonds. The van der Waals surface area contributed by atoms with Crippen molar-refractivity contribution in [3.8, 4) is 5.75 Å². The molecule has 1 rings (SSSR count). The molecule has 0 aliphatic carbocycles. The summed E-state index contributed by atoms with van der Waals surface area (Å²) in [4.78, 5) is 12.4. The minimum Gasteiger partial charge on any atom is -0.493 e. The molecule has 0 saturated heterocycles. The van der Waals surface area contributed by atoms with E-state index in [1.165, 1.54) is 0 Å². The Balaban J connectivity index is 2.91. The van der Waals surface area contributed by atoms with Crippen molar-refractivity contribution in [3.63, 3.8) is 0 Å². The second-order valence-corrected chi connectivity index (χ2v) is 4.48. The highest BCUT2D eigenvalue weighted by Crippen LogP contribution is 2.23. The molecule has 0 bridgehead atoms. The van der Waals surface area contributed by atoms with Crippen molar-refractivity contribution in [3.05, 3.63) is 11.9 Å².